The predicted molar refractivity (Wildman–Crippen MR) is 84.8 cm³/mol. The molecule has 0 N–H and O–H groups in total. The van der Waals surface area contributed by atoms with E-state index in [1.165, 1.54) is 0 Å². The van der Waals surface area contributed by atoms with Gasteiger partial charge in [0.05, 0.1) is 5.52 Å². The van der Waals surface area contributed by atoms with Crippen LogP contribution < -0.4 is 4.90 Å². The van der Waals surface area contributed by atoms with Gasteiger partial charge in [-0.3, -0.25) is 4.98 Å². The molecule has 20 heavy (non-hydrogen) atoms. The van der Waals surface area contributed by atoms with E-state index in [-0.39, 0.29) is 0 Å². The van der Waals surface area contributed by atoms with E-state index < -0.39 is 0 Å². The molecular formula is C15H13BrN4. The third-order valence-corrected chi connectivity index (χ3v) is 3.47. The molecule has 0 bridgehead atoms. The molecule has 100 valence electrons. The summed E-state index contributed by atoms with van der Waals surface area (Å²) in [5, 5.41) is 1.03. The Morgan fingerprint density at radius 1 is 1.10 bits per heavy atom. The molecule has 0 atom stereocenters. The second-order valence-corrected chi connectivity index (χ2v) is 5.58. The topological polar surface area (TPSA) is 41.9 Å². The average Bonchev–Trinajstić information content (AvgIpc) is 2.47. The summed E-state index contributed by atoms with van der Waals surface area (Å²) in [6.07, 6.45) is 3.52. The Bertz CT molecular complexity index is 756. The molecule has 0 unspecified atom stereocenters. The summed E-state index contributed by atoms with van der Waals surface area (Å²) in [6, 6.07) is 9.87. The highest BCUT2D eigenvalue weighted by Gasteiger charge is 2.11. The van der Waals surface area contributed by atoms with Crippen molar-refractivity contribution in [2.45, 2.75) is 0 Å². The minimum atomic E-state index is 0.691. The maximum atomic E-state index is 4.67. The Balaban J connectivity index is 2.29. The molecule has 0 aliphatic carbocycles. The van der Waals surface area contributed by atoms with Crippen molar-refractivity contribution in [1.82, 2.24) is 15.0 Å². The van der Waals surface area contributed by atoms with E-state index in [0.717, 1.165) is 26.8 Å². The van der Waals surface area contributed by atoms with Gasteiger partial charge in [0.25, 0.3) is 0 Å². The second kappa shape index (κ2) is 5.17. The van der Waals surface area contributed by atoms with Gasteiger partial charge in [0.1, 0.15) is 5.82 Å². The number of aromatic nitrogens is 3. The number of nitrogens with zero attached hydrogens (tertiary/aromatic N) is 4. The molecule has 1 aromatic carbocycles. The lowest BCUT2D eigenvalue weighted by Gasteiger charge is -2.15. The van der Waals surface area contributed by atoms with Crippen molar-refractivity contribution in [1.29, 1.82) is 0 Å². The Kier molecular flexibility index (Phi) is 3.36. The Hall–Kier alpha value is -2.01. The molecular weight excluding hydrogens is 316 g/mol. The van der Waals surface area contributed by atoms with Crippen molar-refractivity contribution in [3.05, 3.63) is 47.2 Å². The van der Waals surface area contributed by atoms with Crippen LogP contribution in [0.2, 0.25) is 0 Å². The van der Waals surface area contributed by atoms with Gasteiger partial charge < -0.3 is 4.90 Å². The lowest BCUT2D eigenvalue weighted by Crippen LogP contribution is -2.12. The molecule has 0 spiro atoms. The van der Waals surface area contributed by atoms with Crippen molar-refractivity contribution in [2.24, 2.45) is 0 Å². The average molecular weight is 329 g/mol. The largest absolute Gasteiger partial charge is 0.362 e. The monoisotopic (exact) mass is 328 g/mol. The molecule has 0 aliphatic heterocycles. The highest BCUT2D eigenvalue weighted by atomic mass is 79.9. The molecule has 3 rings (SSSR count). The highest BCUT2D eigenvalue weighted by molar-refractivity contribution is 9.10. The van der Waals surface area contributed by atoms with E-state index >= 15 is 0 Å². The number of anilines is 1. The zero-order valence-corrected chi connectivity index (χ0v) is 12.8. The summed E-state index contributed by atoms with van der Waals surface area (Å²) >= 11 is 3.50. The molecule has 4 nitrogen and oxygen atoms in total. The van der Waals surface area contributed by atoms with Crippen LogP contribution >= 0.6 is 15.9 Å². The molecule has 3 aromatic rings. The van der Waals surface area contributed by atoms with Gasteiger partial charge >= 0.3 is 0 Å². The Morgan fingerprint density at radius 3 is 2.65 bits per heavy atom. The third-order valence-electron chi connectivity index (χ3n) is 2.98. The first-order chi connectivity index (χ1) is 9.65. The predicted octanol–water partition coefficient (Wildman–Crippen LogP) is 3.52. The first-order valence-electron chi connectivity index (χ1n) is 6.20. The van der Waals surface area contributed by atoms with E-state index in [9.17, 15) is 0 Å². The van der Waals surface area contributed by atoms with Crippen LogP contribution in [-0.2, 0) is 0 Å². The number of hydrogen-bond acceptors (Lipinski definition) is 4. The number of fused-ring (bicyclic) bond motifs is 1. The SMILES string of the molecule is CN(C)c1nc(-c2cccnc2)nc2ccc(Br)cc12. The van der Waals surface area contributed by atoms with E-state index in [1.807, 2.05) is 49.3 Å². The minimum absolute atomic E-state index is 0.691. The fourth-order valence-corrected chi connectivity index (χ4v) is 2.41. The maximum Gasteiger partial charge on any atom is 0.163 e. The van der Waals surface area contributed by atoms with Gasteiger partial charge in [-0.25, -0.2) is 9.97 Å². The van der Waals surface area contributed by atoms with Gasteiger partial charge in [0, 0.05) is 41.9 Å². The summed E-state index contributed by atoms with van der Waals surface area (Å²) in [5.41, 5.74) is 1.84. The standard InChI is InChI=1S/C15H13BrN4/c1-20(2)15-12-8-11(16)5-6-13(12)18-14(19-15)10-4-3-7-17-9-10/h3-9H,1-2H3. The van der Waals surface area contributed by atoms with Gasteiger partial charge in [-0.2, -0.15) is 0 Å². The van der Waals surface area contributed by atoms with Gasteiger partial charge in [-0.1, -0.05) is 15.9 Å². The quantitative estimate of drug-likeness (QED) is 0.721. The van der Waals surface area contributed by atoms with Gasteiger partial charge in [0.2, 0.25) is 0 Å². The molecule has 0 fully saturated rings. The first kappa shape index (κ1) is 13.0. The lowest BCUT2D eigenvalue weighted by molar-refractivity contribution is 1.06. The number of rotatable bonds is 2. The van der Waals surface area contributed by atoms with E-state index in [0.29, 0.717) is 5.82 Å². The molecule has 5 heteroatoms. The summed E-state index contributed by atoms with van der Waals surface area (Å²) in [4.78, 5) is 15.4. The van der Waals surface area contributed by atoms with E-state index in [1.54, 1.807) is 12.4 Å². The number of pyridine rings is 1. The van der Waals surface area contributed by atoms with Crippen LogP contribution in [0.15, 0.2) is 47.2 Å². The number of halogens is 1. The minimum Gasteiger partial charge on any atom is -0.362 e. The van der Waals surface area contributed by atoms with Crippen molar-refractivity contribution >= 4 is 32.7 Å². The molecule has 0 radical (unpaired) electrons. The fraction of sp³-hybridized carbons (Fsp3) is 0.133. The number of benzene rings is 1. The zero-order valence-electron chi connectivity index (χ0n) is 11.2. The summed E-state index contributed by atoms with van der Waals surface area (Å²) in [7, 11) is 3.96. The highest BCUT2D eigenvalue weighted by Crippen LogP contribution is 2.28. The van der Waals surface area contributed by atoms with E-state index in [4.69, 9.17) is 0 Å². The van der Waals surface area contributed by atoms with Crippen LogP contribution in [0.3, 0.4) is 0 Å². The Morgan fingerprint density at radius 2 is 1.95 bits per heavy atom. The molecule has 0 saturated heterocycles. The number of hydrogen-bond donors (Lipinski definition) is 0. The van der Waals surface area contributed by atoms with Crippen LogP contribution in [0.4, 0.5) is 5.82 Å². The van der Waals surface area contributed by atoms with E-state index in [2.05, 4.69) is 30.9 Å². The van der Waals surface area contributed by atoms with Crippen LogP contribution in [0.25, 0.3) is 22.3 Å². The molecule has 2 heterocycles. The molecule has 0 amide bonds. The smallest absolute Gasteiger partial charge is 0.163 e. The summed E-state index contributed by atoms with van der Waals surface area (Å²) in [6.45, 7) is 0. The second-order valence-electron chi connectivity index (χ2n) is 4.67. The molecule has 0 aliphatic rings. The van der Waals surface area contributed by atoms with Crippen LogP contribution in [-0.4, -0.2) is 29.0 Å². The lowest BCUT2D eigenvalue weighted by atomic mass is 10.2. The zero-order chi connectivity index (χ0) is 14.1. The normalized spacial score (nSPS) is 10.8. The summed E-state index contributed by atoms with van der Waals surface area (Å²) < 4.78 is 1.02. The van der Waals surface area contributed by atoms with Crippen LogP contribution in [0, 0.1) is 0 Å². The van der Waals surface area contributed by atoms with Crippen molar-refractivity contribution in [2.75, 3.05) is 19.0 Å². The third kappa shape index (κ3) is 2.36. The van der Waals surface area contributed by atoms with Crippen molar-refractivity contribution in [3.63, 3.8) is 0 Å². The van der Waals surface area contributed by atoms with Crippen molar-refractivity contribution < 1.29 is 0 Å². The maximum absolute atomic E-state index is 4.67. The molecule has 2 aromatic heterocycles. The first-order valence-corrected chi connectivity index (χ1v) is 6.99. The van der Waals surface area contributed by atoms with Gasteiger partial charge in [-0.05, 0) is 30.3 Å². The molecule has 0 saturated carbocycles. The Labute approximate surface area is 125 Å². The van der Waals surface area contributed by atoms with Crippen LogP contribution in [0.5, 0.6) is 0 Å². The fourth-order valence-electron chi connectivity index (χ4n) is 2.05. The summed E-state index contributed by atoms with van der Waals surface area (Å²) in [5.74, 6) is 1.59. The van der Waals surface area contributed by atoms with Gasteiger partial charge in [0.15, 0.2) is 5.82 Å². The van der Waals surface area contributed by atoms with Crippen molar-refractivity contribution in [3.8, 4) is 11.4 Å². The van der Waals surface area contributed by atoms with Gasteiger partial charge in [-0.15, -0.1) is 0 Å². The van der Waals surface area contributed by atoms with Crippen LogP contribution in [0.1, 0.15) is 0 Å².